The summed E-state index contributed by atoms with van der Waals surface area (Å²) in [6.45, 7) is 1.61. The van der Waals surface area contributed by atoms with Crippen LogP contribution in [0.1, 0.15) is 12.5 Å². The summed E-state index contributed by atoms with van der Waals surface area (Å²) < 4.78 is 10.9. The number of hydrogen-bond acceptors (Lipinski definition) is 4. The van der Waals surface area contributed by atoms with Gasteiger partial charge in [0, 0.05) is 23.9 Å². The summed E-state index contributed by atoms with van der Waals surface area (Å²) >= 11 is 0. The predicted molar refractivity (Wildman–Crippen MR) is 95.8 cm³/mol. The van der Waals surface area contributed by atoms with E-state index in [1.54, 1.807) is 37.5 Å². The van der Waals surface area contributed by atoms with Crippen LogP contribution in [0.4, 0.5) is 11.4 Å². The molecule has 3 rings (SSSR count). The third-order valence-electron chi connectivity index (χ3n) is 3.69. The molecular formula is C19H18N2O4. The number of rotatable bonds is 4. The molecule has 0 aromatic heterocycles. The summed E-state index contributed by atoms with van der Waals surface area (Å²) in [5.74, 6) is 0.902. The molecule has 0 bridgehead atoms. The molecule has 0 unspecified atom stereocenters. The lowest BCUT2D eigenvalue weighted by Gasteiger charge is -2.19. The van der Waals surface area contributed by atoms with Crippen molar-refractivity contribution in [1.29, 1.82) is 0 Å². The van der Waals surface area contributed by atoms with Gasteiger partial charge in [-0.2, -0.15) is 0 Å². The number of nitrogens with one attached hydrogen (secondary N) is 2. The number of methoxy groups -OCH3 is 1. The second-order valence-corrected chi connectivity index (χ2v) is 5.55. The standard InChI is InChI=1S/C19H18N2O4/c1-12(22)20-15-6-8-16(9-7-15)21-19(23)14-10-13-4-3-5-17(24-2)18(13)25-11-14/h3-10H,11H2,1-2H3,(H,20,22)(H,21,23). The fourth-order valence-corrected chi connectivity index (χ4v) is 2.52. The monoisotopic (exact) mass is 338 g/mol. The van der Waals surface area contributed by atoms with E-state index < -0.39 is 0 Å². The van der Waals surface area contributed by atoms with Gasteiger partial charge in [-0.05, 0) is 36.4 Å². The number of anilines is 2. The van der Waals surface area contributed by atoms with Crippen LogP contribution in [0.3, 0.4) is 0 Å². The smallest absolute Gasteiger partial charge is 0.255 e. The zero-order valence-corrected chi connectivity index (χ0v) is 14.0. The minimum atomic E-state index is -0.235. The molecule has 2 N–H and O–H groups in total. The number of para-hydroxylation sites is 1. The number of ether oxygens (including phenoxy) is 2. The van der Waals surface area contributed by atoms with Crippen LogP contribution in [0.25, 0.3) is 6.08 Å². The molecule has 0 saturated heterocycles. The van der Waals surface area contributed by atoms with Crippen molar-refractivity contribution in [2.75, 3.05) is 24.4 Å². The molecule has 6 nitrogen and oxygen atoms in total. The maximum absolute atomic E-state index is 12.4. The highest BCUT2D eigenvalue weighted by atomic mass is 16.5. The van der Waals surface area contributed by atoms with E-state index in [0.29, 0.717) is 28.4 Å². The second kappa shape index (κ2) is 7.09. The summed E-state index contributed by atoms with van der Waals surface area (Å²) in [4.78, 5) is 23.5. The second-order valence-electron chi connectivity index (χ2n) is 5.55. The van der Waals surface area contributed by atoms with Crippen LogP contribution in [-0.4, -0.2) is 25.5 Å². The molecule has 2 aromatic carbocycles. The Labute approximate surface area is 145 Å². The van der Waals surface area contributed by atoms with E-state index in [-0.39, 0.29) is 18.4 Å². The van der Waals surface area contributed by atoms with Gasteiger partial charge in [-0.15, -0.1) is 0 Å². The molecule has 25 heavy (non-hydrogen) atoms. The average Bonchev–Trinajstić information content (AvgIpc) is 2.61. The highest BCUT2D eigenvalue weighted by Gasteiger charge is 2.20. The van der Waals surface area contributed by atoms with Gasteiger partial charge in [0.25, 0.3) is 5.91 Å². The summed E-state index contributed by atoms with van der Waals surface area (Å²) in [6, 6.07) is 12.4. The Balaban J connectivity index is 1.73. The maximum atomic E-state index is 12.4. The van der Waals surface area contributed by atoms with Crippen LogP contribution in [0.15, 0.2) is 48.0 Å². The SMILES string of the molecule is COc1cccc2c1OCC(C(=O)Nc1ccc(NC(C)=O)cc1)=C2. The zero-order chi connectivity index (χ0) is 17.8. The molecule has 0 fully saturated rings. The highest BCUT2D eigenvalue weighted by molar-refractivity contribution is 6.07. The van der Waals surface area contributed by atoms with Crippen LogP contribution in [0, 0.1) is 0 Å². The molecule has 0 spiro atoms. The van der Waals surface area contributed by atoms with Gasteiger partial charge in [0.2, 0.25) is 5.91 Å². The molecule has 128 valence electrons. The normalized spacial score (nSPS) is 12.3. The Kier molecular flexibility index (Phi) is 4.70. The third-order valence-corrected chi connectivity index (χ3v) is 3.69. The van der Waals surface area contributed by atoms with E-state index in [4.69, 9.17) is 9.47 Å². The fraction of sp³-hybridized carbons (Fsp3) is 0.158. The van der Waals surface area contributed by atoms with Gasteiger partial charge in [-0.1, -0.05) is 12.1 Å². The molecule has 1 aliphatic heterocycles. The summed E-state index contributed by atoms with van der Waals surface area (Å²) in [5, 5.41) is 5.50. The number of hydrogen-bond donors (Lipinski definition) is 2. The minimum Gasteiger partial charge on any atom is -0.493 e. The Morgan fingerprint density at radius 2 is 1.72 bits per heavy atom. The first kappa shape index (κ1) is 16.6. The lowest BCUT2D eigenvalue weighted by atomic mass is 10.1. The van der Waals surface area contributed by atoms with E-state index in [9.17, 15) is 9.59 Å². The van der Waals surface area contributed by atoms with Gasteiger partial charge >= 0.3 is 0 Å². The van der Waals surface area contributed by atoms with Crippen LogP contribution >= 0.6 is 0 Å². The van der Waals surface area contributed by atoms with Crippen molar-refractivity contribution < 1.29 is 19.1 Å². The maximum Gasteiger partial charge on any atom is 0.255 e. The third kappa shape index (κ3) is 3.80. The molecule has 1 heterocycles. The van der Waals surface area contributed by atoms with Crippen molar-refractivity contribution in [2.24, 2.45) is 0 Å². The number of carbonyl (C=O) groups excluding carboxylic acids is 2. The van der Waals surface area contributed by atoms with Gasteiger partial charge in [-0.25, -0.2) is 0 Å². The highest BCUT2D eigenvalue weighted by Crippen LogP contribution is 2.35. The number of benzene rings is 2. The van der Waals surface area contributed by atoms with Gasteiger partial charge in [0.05, 0.1) is 12.7 Å². The molecule has 0 aliphatic carbocycles. The van der Waals surface area contributed by atoms with E-state index in [0.717, 1.165) is 5.56 Å². The number of amides is 2. The van der Waals surface area contributed by atoms with Crippen molar-refractivity contribution in [3.05, 3.63) is 53.6 Å². The summed E-state index contributed by atoms with van der Waals surface area (Å²) in [7, 11) is 1.58. The molecule has 6 heteroatoms. The molecule has 0 atom stereocenters. The molecule has 0 saturated carbocycles. The van der Waals surface area contributed by atoms with Crippen molar-refractivity contribution in [1.82, 2.24) is 0 Å². The summed E-state index contributed by atoms with van der Waals surface area (Å²) in [5.41, 5.74) is 2.63. The fourth-order valence-electron chi connectivity index (χ4n) is 2.52. The molecule has 0 radical (unpaired) electrons. The van der Waals surface area contributed by atoms with Gasteiger partial charge in [0.1, 0.15) is 6.61 Å². The Morgan fingerprint density at radius 3 is 2.36 bits per heavy atom. The predicted octanol–water partition coefficient (Wildman–Crippen LogP) is 3.07. The minimum absolute atomic E-state index is 0.143. The van der Waals surface area contributed by atoms with Crippen LogP contribution in [0.5, 0.6) is 11.5 Å². The van der Waals surface area contributed by atoms with Crippen LogP contribution in [0.2, 0.25) is 0 Å². The quantitative estimate of drug-likeness (QED) is 0.898. The van der Waals surface area contributed by atoms with E-state index in [1.807, 2.05) is 18.2 Å². The molecular weight excluding hydrogens is 320 g/mol. The topological polar surface area (TPSA) is 76.7 Å². The van der Waals surface area contributed by atoms with Gasteiger partial charge < -0.3 is 20.1 Å². The Morgan fingerprint density at radius 1 is 1.04 bits per heavy atom. The number of fused-ring (bicyclic) bond motifs is 1. The first-order valence-electron chi connectivity index (χ1n) is 7.76. The summed E-state index contributed by atoms with van der Waals surface area (Å²) in [6.07, 6.45) is 1.79. The molecule has 1 aliphatic rings. The van der Waals surface area contributed by atoms with Crippen LogP contribution < -0.4 is 20.1 Å². The first-order valence-corrected chi connectivity index (χ1v) is 7.76. The van der Waals surface area contributed by atoms with E-state index in [2.05, 4.69) is 10.6 Å². The number of carbonyl (C=O) groups is 2. The largest absolute Gasteiger partial charge is 0.493 e. The Bertz CT molecular complexity index is 841. The van der Waals surface area contributed by atoms with Crippen LogP contribution in [-0.2, 0) is 9.59 Å². The molecule has 2 amide bonds. The van der Waals surface area contributed by atoms with Crippen molar-refractivity contribution in [2.45, 2.75) is 6.92 Å². The Hall–Kier alpha value is -3.28. The van der Waals surface area contributed by atoms with Gasteiger partial charge in [0.15, 0.2) is 11.5 Å². The first-order chi connectivity index (χ1) is 12.1. The van der Waals surface area contributed by atoms with E-state index >= 15 is 0 Å². The lowest BCUT2D eigenvalue weighted by molar-refractivity contribution is -0.114. The average molecular weight is 338 g/mol. The van der Waals surface area contributed by atoms with Crippen molar-refractivity contribution in [3.63, 3.8) is 0 Å². The van der Waals surface area contributed by atoms with E-state index in [1.165, 1.54) is 6.92 Å². The lowest BCUT2D eigenvalue weighted by Crippen LogP contribution is -2.21. The van der Waals surface area contributed by atoms with Crippen molar-refractivity contribution in [3.8, 4) is 11.5 Å². The molecule has 2 aromatic rings. The van der Waals surface area contributed by atoms with Crippen molar-refractivity contribution >= 4 is 29.3 Å². The van der Waals surface area contributed by atoms with Gasteiger partial charge in [-0.3, -0.25) is 9.59 Å². The zero-order valence-electron chi connectivity index (χ0n) is 14.0.